The lowest BCUT2D eigenvalue weighted by Gasteiger charge is -2.26. The molecule has 19 heavy (non-hydrogen) atoms. The maximum absolute atomic E-state index is 12.1. The van der Waals surface area contributed by atoms with Gasteiger partial charge in [-0.3, -0.25) is 9.69 Å². The number of amides is 1. The number of nitrogens with two attached hydrogens (primary N) is 1. The van der Waals surface area contributed by atoms with Crippen molar-refractivity contribution >= 4 is 23.2 Å². The Kier molecular flexibility index (Phi) is 4.32. The molecular formula is C14H20ClN3O. The Balaban J connectivity index is 2.11. The van der Waals surface area contributed by atoms with Crippen LogP contribution in [0.25, 0.3) is 0 Å². The van der Waals surface area contributed by atoms with Crippen molar-refractivity contribution in [3.63, 3.8) is 0 Å². The molecule has 1 aromatic carbocycles. The second-order valence-electron chi connectivity index (χ2n) is 5.21. The van der Waals surface area contributed by atoms with Gasteiger partial charge in [-0.1, -0.05) is 17.7 Å². The molecule has 2 rings (SSSR count). The van der Waals surface area contributed by atoms with E-state index >= 15 is 0 Å². The summed E-state index contributed by atoms with van der Waals surface area (Å²) in [6, 6.07) is 5.52. The summed E-state index contributed by atoms with van der Waals surface area (Å²) < 4.78 is 0. The van der Waals surface area contributed by atoms with E-state index in [1.54, 1.807) is 25.1 Å². The number of halogens is 1. The van der Waals surface area contributed by atoms with E-state index in [0.717, 1.165) is 24.9 Å². The Bertz CT molecular complexity index is 476. The molecule has 0 saturated carbocycles. The molecule has 104 valence electrons. The molecule has 1 aromatic rings. The average Bonchev–Trinajstić information content (AvgIpc) is 2.79. The predicted molar refractivity (Wildman–Crippen MR) is 78.0 cm³/mol. The molecule has 4 nitrogen and oxygen atoms in total. The van der Waals surface area contributed by atoms with Crippen LogP contribution in [-0.4, -0.2) is 42.4 Å². The van der Waals surface area contributed by atoms with Crippen LogP contribution in [-0.2, 0) is 11.3 Å². The van der Waals surface area contributed by atoms with E-state index in [2.05, 4.69) is 4.90 Å². The molecule has 0 bridgehead atoms. The number of rotatable bonds is 3. The number of anilines is 1. The number of hydrogen-bond acceptors (Lipinski definition) is 3. The Labute approximate surface area is 119 Å². The summed E-state index contributed by atoms with van der Waals surface area (Å²) in [6.07, 6.45) is 1.97. The van der Waals surface area contributed by atoms with Crippen LogP contribution in [0.3, 0.4) is 0 Å². The molecule has 0 aliphatic carbocycles. The van der Waals surface area contributed by atoms with E-state index in [9.17, 15) is 4.79 Å². The molecule has 1 aliphatic rings. The summed E-state index contributed by atoms with van der Waals surface area (Å²) >= 11 is 6.20. The third-order valence-electron chi connectivity index (χ3n) is 3.54. The van der Waals surface area contributed by atoms with E-state index in [-0.39, 0.29) is 11.9 Å². The first-order valence-electron chi connectivity index (χ1n) is 6.48. The molecule has 1 fully saturated rings. The quantitative estimate of drug-likeness (QED) is 0.862. The minimum Gasteiger partial charge on any atom is -0.399 e. The monoisotopic (exact) mass is 281 g/mol. The van der Waals surface area contributed by atoms with E-state index in [0.29, 0.717) is 17.3 Å². The summed E-state index contributed by atoms with van der Waals surface area (Å²) in [5.74, 6) is 0.170. The van der Waals surface area contributed by atoms with Gasteiger partial charge in [0.1, 0.15) is 0 Å². The highest BCUT2D eigenvalue weighted by Gasteiger charge is 2.31. The second-order valence-corrected chi connectivity index (χ2v) is 5.62. The summed E-state index contributed by atoms with van der Waals surface area (Å²) in [5, 5.41) is 0.669. The van der Waals surface area contributed by atoms with E-state index < -0.39 is 0 Å². The highest BCUT2D eigenvalue weighted by molar-refractivity contribution is 6.31. The fourth-order valence-electron chi connectivity index (χ4n) is 2.50. The van der Waals surface area contributed by atoms with Crippen LogP contribution in [0.2, 0.25) is 5.02 Å². The summed E-state index contributed by atoms with van der Waals surface area (Å²) in [4.78, 5) is 16.0. The minimum absolute atomic E-state index is 0.0244. The SMILES string of the molecule is CN(C)C(=O)C1CCCN1Cc1ccc(N)cc1Cl. The Morgan fingerprint density at radius 2 is 2.26 bits per heavy atom. The second kappa shape index (κ2) is 5.80. The zero-order chi connectivity index (χ0) is 14.0. The number of likely N-dealkylation sites (N-methyl/N-ethyl adjacent to an activating group) is 1. The van der Waals surface area contributed by atoms with Crippen molar-refractivity contribution in [1.29, 1.82) is 0 Å². The molecule has 0 radical (unpaired) electrons. The molecule has 1 aliphatic heterocycles. The van der Waals surface area contributed by atoms with Crippen molar-refractivity contribution in [2.45, 2.75) is 25.4 Å². The molecule has 1 saturated heterocycles. The Morgan fingerprint density at radius 1 is 1.53 bits per heavy atom. The standard InChI is InChI=1S/C14H20ClN3O/c1-17(2)14(19)13-4-3-7-18(13)9-10-5-6-11(16)8-12(10)15/h5-6,8,13H,3-4,7,9,16H2,1-2H3. The number of benzene rings is 1. The van der Waals surface area contributed by atoms with Crippen LogP contribution in [0.5, 0.6) is 0 Å². The molecule has 1 unspecified atom stereocenters. The summed E-state index contributed by atoms with van der Waals surface area (Å²) in [7, 11) is 3.60. The van der Waals surface area contributed by atoms with E-state index in [4.69, 9.17) is 17.3 Å². The number of likely N-dealkylation sites (tertiary alicyclic amines) is 1. The predicted octanol–water partition coefficient (Wildman–Crippen LogP) is 1.97. The zero-order valence-electron chi connectivity index (χ0n) is 11.4. The molecule has 5 heteroatoms. The van der Waals surface area contributed by atoms with Gasteiger partial charge in [0.2, 0.25) is 5.91 Å². The molecule has 1 amide bonds. The number of carbonyl (C=O) groups excluding carboxylic acids is 1. The van der Waals surface area contributed by atoms with Gasteiger partial charge in [0.15, 0.2) is 0 Å². The van der Waals surface area contributed by atoms with Crippen molar-refractivity contribution in [2.24, 2.45) is 0 Å². The molecule has 0 spiro atoms. The molecule has 2 N–H and O–H groups in total. The molecule has 0 aromatic heterocycles. The maximum atomic E-state index is 12.1. The highest BCUT2D eigenvalue weighted by atomic mass is 35.5. The van der Waals surface area contributed by atoms with Crippen molar-refractivity contribution in [2.75, 3.05) is 26.4 Å². The minimum atomic E-state index is -0.0244. The van der Waals surface area contributed by atoms with Gasteiger partial charge in [0.05, 0.1) is 6.04 Å². The first-order chi connectivity index (χ1) is 8.99. The van der Waals surface area contributed by atoms with E-state index in [1.165, 1.54) is 0 Å². The summed E-state index contributed by atoms with van der Waals surface area (Å²) in [5.41, 5.74) is 7.38. The van der Waals surface area contributed by atoms with Crippen LogP contribution >= 0.6 is 11.6 Å². The van der Waals surface area contributed by atoms with Crippen molar-refractivity contribution < 1.29 is 4.79 Å². The van der Waals surface area contributed by atoms with Gasteiger partial charge in [0, 0.05) is 31.4 Å². The number of carbonyl (C=O) groups is 1. The molecule has 1 heterocycles. The lowest BCUT2D eigenvalue weighted by Crippen LogP contribution is -2.42. The van der Waals surface area contributed by atoms with Gasteiger partial charge in [-0.05, 0) is 37.1 Å². The van der Waals surface area contributed by atoms with Crippen molar-refractivity contribution in [1.82, 2.24) is 9.80 Å². The van der Waals surface area contributed by atoms with Crippen LogP contribution in [0.15, 0.2) is 18.2 Å². The Morgan fingerprint density at radius 3 is 2.89 bits per heavy atom. The lowest BCUT2D eigenvalue weighted by molar-refractivity contribution is -0.133. The maximum Gasteiger partial charge on any atom is 0.239 e. The third-order valence-corrected chi connectivity index (χ3v) is 3.89. The topological polar surface area (TPSA) is 49.6 Å². The molecule has 1 atom stereocenters. The van der Waals surface area contributed by atoms with Crippen LogP contribution < -0.4 is 5.73 Å². The number of hydrogen-bond donors (Lipinski definition) is 1. The fourth-order valence-corrected chi connectivity index (χ4v) is 2.75. The first kappa shape index (κ1) is 14.2. The number of nitrogens with zero attached hydrogens (tertiary/aromatic N) is 2. The third kappa shape index (κ3) is 3.19. The van der Waals surface area contributed by atoms with Crippen LogP contribution in [0.1, 0.15) is 18.4 Å². The normalized spacial score (nSPS) is 19.6. The average molecular weight is 282 g/mol. The van der Waals surface area contributed by atoms with Crippen molar-refractivity contribution in [3.05, 3.63) is 28.8 Å². The van der Waals surface area contributed by atoms with E-state index in [1.807, 2.05) is 12.1 Å². The van der Waals surface area contributed by atoms with Gasteiger partial charge >= 0.3 is 0 Å². The lowest BCUT2D eigenvalue weighted by atomic mass is 10.1. The Hall–Kier alpha value is -1.26. The van der Waals surface area contributed by atoms with Crippen LogP contribution in [0.4, 0.5) is 5.69 Å². The number of nitrogen functional groups attached to an aromatic ring is 1. The van der Waals surface area contributed by atoms with Gasteiger partial charge in [-0.15, -0.1) is 0 Å². The highest BCUT2D eigenvalue weighted by Crippen LogP contribution is 2.25. The first-order valence-corrected chi connectivity index (χ1v) is 6.86. The van der Waals surface area contributed by atoms with Gasteiger partial charge in [0.25, 0.3) is 0 Å². The largest absolute Gasteiger partial charge is 0.399 e. The van der Waals surface area contributed by atoms with Gasteiger partial charge < -0.3 is 10.6 Å². The fraction of sp³-hybridized carbons (Fsp3) is 0.500. The molecular weight excluding hydrogens is 262 g/mol. The smallest absolute Gasteiger partial charge is 0.239 e. The van der Waals surface area contributed by atoms with Crippen molar-refractivity contribution in [3.8, 4) is 0 Å². The van der Waals surface area contributed by atoms with Gasteiger partial charge in [-0.25, -0.2) is 0 Å². The zero-order valence-corrected chi connectivity index (χ0v) is 12.2. The van der Waals surface area contributed by atoms with Gasteiger partial charge in [-0.2, -0.15) is 0 Å². The van der Waals surface area contributed by atoms with Crippen LogP contribution in [0, 0.1) is 0 Å². The summed E-state index contributed by atoms with van der Waals surface area (Å²) in [6.45, 7) is 1.63.